The number of aryl methyl sites for hydroxylation is 1. The molecule has 2 aromatic carbocycles. The van der Waals surface area contributed by atoms with E-state index < -0.39 is 5.41 Å². The molecule has 4 rings (SSSR count). The van der Waals surface area contributed by atoms with Gasteiger partial charge in [0.1, 0.15) is 0 Å². The summed E-state index contributed by atoms with van der Waals surface area (Å²) in [6, 6.07) is 10.8. The third-order valence-corrected chi connectivity index (χ3v) is 7.15. The third kappa shape index (κ3) is 3.15. The smallest absolute Gasteiger partial charge is 0.312 e. The first-order chi connectivity index (χ1) is 14.2. The van der Waals surface area contributed by atoms with Gasteiger partial charge in [-0.3, -0.25) is 14.8 Å². The lowest BCUT2D eigenvalue weighted by Crippen LogP contribution is -2.39. The zero-order valence-electron chi connectivity index (χ0n) is 18.5. The number of hydrazine groups is 2. The maximum atomic E-state index is 12.9. The van der Waals surface area contributed by atoms with E-state index in [1.54, 1.807) is 0 Å². The quantitative estimate of drug-likeness (QED) is 0.557. The van der Waals surface area contributed by atoms with Gasteiger partial charge in [0.2, 0.25) is 0 Å². The van der Waals surface area contributed by atoms with Gasteiger partial charge in [0.05, 0.1) is 29.3 Å². The van der Waals surface area contributed by atoms with Crippen LogP contribution in [0.5, 0.6) is 0 Å². The van der Waals surface area contributed by atoms with Crippen molar-refractivity contribution >= 4 is 28.9 Å². The molecular formula is C24H30ClN3O2. The first-order valence-electron chi connectivity index (χ1n) is 10.4. The highest BCUT2D eigenvalue weighted by molar-refractivity contribution is 6.21. The Kier molecular flexibility index (Phi) is 5.23. The number of benzene rings is 2. The molecule has 0 aromatic heterocycles. The Hall–Kier alpha value is -2.24. The topological polar surface area (TPSA) is 44.8 Å². The van der Waals surface area contributed by atoms with Crippen molar-refractivity contribution in [1.82, 2.24) is 5.53 Å². The molecule has 1 aliphatic heterocycles. The lowest BCUT2D eigenvalue weighted by atomic mass is 9.69. The zero-order valence-corrected chi connectivity index (χ0v) is 19.3. The Morgan fingerprint density at radius 3 is 2.67 bits per heavy atom. The third-order valence-electron chi connectivity index (χ3n) is 6.70. The Labute approximate surface area is 183 Å². The maximum absolute atomic E-state index is 12.9. The number of hydrogen-bond donors (Lipinski definition) is 1. The fourth-order valence-corrected chi connectivity index (χ4v) is 5.47. The van der Waals surface area contributed by atoms with E-state index in [1.165, 1.54) is 18.2 Å². The molecule has 2 atom stereocenters. The summed E-state index contributed by atoms with van der Waals surface area (Å²) in [5, 5.41) is 4.06. The number of carbonyl (C=O) groups is 1. The highest BCUT2D eigenvalue weighted by Crippen LogP contribution is 2.48. The maximum Gasteiger partial charge on any atom is 0.312 e. The summed E-state index contributed by atoms with van der Waals surface area (Å²) in [7, 11) is 5.46. The second kappa shape index (κ2) is 7.47. The van der Waals surface area contributed by atoms with Crippen molar-refractivity contribution in [2.24, 2.45) is 5.41 Å². The van der Waals surface area contributed by atoms with Crippen molar-refractivity contribution in [3.8, 4) is 0 Å². The molecule has 1 heterocycles. The predicted molar refractivity (Wildman–Crippen MR) is 122 cm³/mol. The molecule has 5 nitrogen and oxygen atoms in total. The molecule has 0 saturated carbocycles. The number of hydrogen-bond acceptors (Lipinski definition) is 5. The van der Waals surface area contributed by atoms with Gasteiger partial charge in [-0.2, -0.15) is 0 Å². The number of rotatable bonds is 4. The molecule has 0 amide bonds. The lowest BCUT2D eigenvalue weighted by molar-refractivity contribution is -0.151. The van der Waals surface area contributed by atoms with Gasteiger partial charge in [0.15, 0.2) is 0 Å². The van der Waals surface area contributed by atoms with Crippen molar-refractivity contribution < 1.29 is 9.53 Å². The van der Waals surface area contributed by atoms with Crippen molar-refractivity contribution in [3.63, 3.8) is 0 Å². The summed E-state index contributed by atoms with van der Waals surface area (Å²) in [5.41, 5.74) is 10.7. The largest absolute Gasteiger partial charge is 0.469 e. The molecule has 2 aromatic rings. The van der Waals surface area contributed by atoms with Gasteiger partial charge in [-0.1, -0.05) is 24.3 Å². The number of carbonyl (C=O) groups excluding carboxylic acids is 1. The van der Waals surface area contributed by atoms with Crippen molar-refractivity contribution in [2.75, 3.05) is 31.2 Å². The van der Waals surface area contributed by atoms with Crippen LogP contribution in [0.15, 0.2) is 30.3 Å². The minimum Gasteiger partial charge on any atom is -0.469 e. The Bertz CT molecular complexity index is 1000. The van der Waals surface area contributed by atoms with Gasteiger partial charge in [-0.05, 0) is 67.5 Å². The standard InChI is InChI=1S/C24H30ClN3O2/c1-14-17(10-12-20-22(14)28(5)26-27(20)4)21(24(2,3)23(29)30-6)16-8-7-15-9-11-19(25)18(15)13-16/h7-8,10,12-13,19,21,26H,9,11H2,1-6H3. The number of halogens is 1. The van der Waals surface area contributed by atoms with Gasteiger partial charge in [-0.25, -0.2) is 0 Å². The van der Waals surface area contributed by atoms with Crippen LogP contribution >= 0.6 is 11.6 Å². The molecule has 1 aliphatic carbocycles. The van der Waals surface area contributed by atoms with E-state index in [4.69, 9.17) is 16.3 Å². The minimum absolute atomic E-state index is 0.0342. The van der Waals surface area contributed by atoms with Gasteiger partial charge in [0.25, 0.3) is 0 Å². The summed E-state index contributed by atoms with van der Waals surface area (Å²) in [4.78, 5) is 12.9. The van der Waals surface area contributed by atoms with Crippen LogP contribution in [-0.2, 0) is 16.0 Å². The minimum atomic E-state index is -0.751. The van der Waals surface area contributed by atoms with Crippen LogP contribution in [-0.4, -0.2) is 27.2 Å². The van der Waals surface area contributed by atoms with Crippen LogP contribution in [0, 0.1) is 12.3 Å². The fourth-order valence-electron chi connectivity index (χ4n) is 5.15. The van der Waals surface area contributed by atoms with Gasteiger partial charge in [-0.15, -0.1) is 17.1 Å². The van der Waals surface area contributed by atoms with E-state index in [0.29, 0.717) is 0 Å². The number of nitrogens with one attached hydrogen (secondary N) is 1. The number of ether oxygens (including phenoxy) is 1. The summed E-state index contributed by atoms with van der Waals surface area (Å²) in [6.07, 6.45) is 1.97. The summed E-state index contributed by atoms with van der Waals surface area (Å²) >= 11 is 6.60. The lowest BCUT2D eigenvalue weighted by Gasteiger charge is -2.34. The molecule has 2 aliphatic rings. The van der Waals surface area contributed by atoms with Crippen LogP contribution in [0.2, 0.25) is 0 Å². The van der Waals surface area contributed by atoms with Gasteiger partial charge < -0.3 is 4.74 Å². The average Bonchev–Trinajstić information content (AvgIpc) is 3.22. The van der Waals surface area contributed by atoms with Crippen LogP contribution in [0.25, 0.3) is 0 Å². The van der Waals surface area contributed by atoms with Gasteiger partial charge in [0, 0.05) is 20.0 Å². The second-order valence-electron chi connectivity index (χ2n) is 8.98. The van der Waals surface area contributed by atoms with Gasteiger partial charge >= 0.3 is 5.97 Å². The SMILES string of the molecule is COC(=O)C(C)(C)C(c1ccc2c(c1)C(Cl)CC2)c1ccc2c(c1C)N(C)NN2C. The van der Waals surface area contributed by atoms with Crippen LogP contribution < -0.4 is 15.6 Å². The number of nitrogens with zero attached hydrogens (tertiary/aromatic N) is 2. The molecule has 160 valence electrons. The summed E-state index contributed by atoms with van der Waals surface area (Å²) in [5.74, 6) is -0.386. The van der Waals surface area contributed by atoms with Crippen LogP contribution in [0.3, 0.4) is 0 Å². The molecule has 1 N–H and O–H groups in total. The number of fused-ring (bicyclic) bond motifs is 2. The first-order valence-corrected chi connectivity index (χ1v) is 10.8. The Morgan fingerprint density at radius 2 is 1.97 bits per heavy atom. The van der Waals surface area contributed by atoms with Crippen LogP contribution in [0.4, 0.5) is 11.4 Å². The van der Waals surface area contributed by atoms with Crippen molar-refractivity contribution in [3.05, 3.63) is 58.1 Å². The van der Waals surface area contributed by atoms with E-state index in [0.717, 1.165) is 40.9 Å². The molecule has 30 heavy (non-hydrogen) atoms. The highest BCUT2D eigenvalue weighted by Gasteiger charge is 2.42. The normalized spacial score (nSPS) is 19.0. The fraction of sp³-hybridized carbons (Fsp3) is 0.458. The Balaban J connectivity index is 1.92. The average molecular weight is 428 g/mol. The molecule has 0 saturated heterocycles. The Morgan fingerprint density at radius 1 is 1.23 bits per heavy atom. The summed E-state index contributed by atoms with van der Waals surface area (Å²) in [6.45, 7) is 6.06. The molecule has 0 bridgehead atoms. The van der Waals surface area contributed by atoms with E-state index in [-0.39, 0.29) is 17.3 Å². The van der Waals surface area contributed by atoms with E-state index >= 15 is 0 Å². The predicted octanol–water partition coefficient (Wildman–Crippen LogP) is 4.86. The molecule has 0 fully saturated rings. The first kappa shape index (κ1) is 21.0. The molecule has 2 unspecified atom stereocenters. The zero-order chi connectivity index (χ0) is 21.8. The van der Waals surface area contributed by atoms with E-state index in [2.05, 4.69) is 42.8 Å². The van der Waals surface area contributed by atoms with Crippen LogP contribution in [0.1, 0.15) is 59.4 Å². The summed E-state index contributed by atoms with van der Waals surface area (Å²) < 4.78 is 5.23. The van der Waals surface area contributed by atoms with Crippen molar-refractivity contribution in [1.29, 1.82) is 0 Å². The molecule has 0 radical (unpaired) electrons. The molecule has 0 spiro atoms. The highest BCUT2D eigenvalue weighted by atomic mass is 35.5. The number of alkyl halides is 1. The monoisotopic (exact) mass is 427 g/mol. The number of anilines is 2. The van der Waals surface area contributed by atoms with E-state index in [9.17, 15) is 4.79 Å². The molecule has 6 heteroatoms. The number of methoxy groups -OCH3 is 1. The van der Waals surface area contributed by atoms with E-state index in [1.807, 2.05) is 38.0 Å². The molecular weight excluding hydrogens is 398 g/mol. The second-order valence-corrected chi connectivity index (χ2v) is 9.50. The van der Waals surface area contributed by atoms with Crippen molar-refractivity contribution in [2.45, 2.75) is 44.9 Å². The number of esters is 1.